The average molecular weight is 366 g/mol. The van der Waals surface area contributed by atoms with Crippen LogP contribution in [-0.2, 0) is 25.4 Å². The smallest absolute Gasteiger partial charge is 0.408 e. The summed E-state index contributed by atoms with van der Waals surface area (Å²) < 4.78 is 22.3. The fourth-order valence-electron chi connectivity index (χ4n) is 2.91. The average Bonchev–Trinajstić information content (AvgIpc) is 3.32. The molecular formula is C17H21NO6P+. The number of alkyl carbamates (subject to hydrolysis) is 1. The van der Waals surface area contributed by atoms with Crippen LogP contribution in [0.3, 0.4) is 0 Å². The van der Waals surface area contributed by atoms with E-state index in [9.17, 15) is 19.3 Å². The molecular weight excluding hydrogens is 345 g/mol. The summed E-state index contributed by atoms with van der Waals surface area (Å²) in [6, 6.07) is 9.07. The van der Waals surface area contributed by atoms with Crippen molar-refractivity contribution in [3.63, 3.8) is 0 Å². The maximum atomic E-state index is 12.2. The van der Waals surface area contributed by atoms with Crippen molar-refractivity contribution in [3.8, 4) is 0 Å². The molecule has 0 saturated heterocycles. The topological polar surface area (TPSA) is 102 Å². The molecule has 1 fully saturated rings. The molecule has 0 heterocycles. The normalized spacial score (nSPS) is 24.1. The van der Waals surface area contributed by atoms with E-state index in [0.29, 0.717) is 0 Å². The third-order valence-electron chi connectivity index (χ3n) is 4.27. The Kier molecular flexibility index (Phi) is 5.93. The molecule has 1 aromatic carbocycles. The minimum absolute atomic E-state index is 0.0356. The third kappa shape index (κ3) is 3.57. The Hall–Kier alpha value is -2.24. The number of carboxylic acid groups (broad SMARTS) is 1. The molecule has 1 aromatic rings. The maximum Gasteiger partial charge on any atom is 0.408 e. The summed E-state index contributed by atoms with van der Waals surface area (Å²) in [5.41, 5.74) is -0.548. The van der Waals surface area contributed by atoms with Gasteiger partial charge in [0.05, 0.1) is 0 Å². The SMILES string of the molecule is C=CC1CC1(NC(=O)OCc1ccccc1)C(OCC)([PH+]=O)C(=O)O. The van der Waals surface area contributed by atoms with Gasteiger partial charge in [-0.2, -0.15) is 0 Å². The van der Waals surface area contributed by atoms with E-state index in [1.807, 2.05) is 18.2 Å². The van der Waals surface area contributed by atoms with Gasteiger partial charge in [-0.25, -0.2) is 9.59 Å². The van der Waals surface area contributed by atoms with E-state index in [1.165, 1.54) is 6.08 Å². The van der Waals surface area contributed by atoms with Crippen molar-refractivity contribution in [1.82, 2.24) is 5.32 Å². The van der Waals surface area contributed by atoms with Crippen LogP contribution in [0.5, 0.6) is 0 Å². The second-order valence-corrected chi connectivity index (χ2v) is 6.63. The highest BCUT2D eigenvalue weighted by Crippen LogP contribution is 2.57. The molecule has 1 aliphatic carbocycles. The van der Waals surface area contributed by atoms with Crippen molar-refractivity contribution in [1.29, 1.82) is 0 Å². The number of aliphatic carboxylic acids is 1. The van der Waals surface area contributed by atoms with Gasteiger partial charge in [0.2, 0.25) is 0 Å². The van der Waals surface area contributed by atoms with E-state index in [1.54, 1.807) is 19.1 Å². The van der Waals surface area contributed by atoms with Gasteiger partial charge in [-0.3, -0.25) is 0 Å². The van der Waals surface area contributed by atoms with Gasteiger partial charge < -0.3 is 19.9 Å². The molecule has 1 aliphatic rings. The first-order valence-electron chi connectivity index (χ1n) is 7.83. The lowest BCUT2D eigenvalue weighted by atomic mass is 10.0. The van der Waals surface area contributed by atoms with Gasteiger partial charge in [-0.1, -0.05) is 41.0 Å². The monoisotopic (exact) mass is 366 g/mol. The summed E-state index contributed by atoms with van der Waals surface area (Å²) in [5.74, 6) is -1.77. The predicted octanol–water partition coefficient (Wildman–Crippen LogP) is 2.70. The summed E-state index contributed by atoms with van der Waals surface area (Å²) >= 11 is 0. The first-order valence-corrected chi connectivity index (χ1v) is 8.74. The van der Waals surface area contributed by atoms with Crippen molar-refractivity contribution < 1.29 is 28.7 Å². The van der Waals surface area contributed by atoms with Crippen LogP contribution in [0.25, 0.3) is 0 Å². The maximum absolute atomic E-state index is 12.2. The van der Waals surface area contributed by atoms with Gasteiger partial charge in [0.15, 0.2) is 0 Å². The van der Waals surface area contributed by atoms with Gasteiger partial charge in [0, 0.05) is 12.5 Å². The van der Waals surface area contributed by atoms with E-state index < -0.39 is 31.4 Å². The second-order valence-electron chi connectivity index (χ2n) is 5.73. The van der Waals surface area contributed by atoms with E-state index >= 15 is 0 Å². The predicted molar refractivity (Wildman–Crippen MR) is 91.8 cm³/mol. The van der Waals surface area contributed by atoms with Crippen LogP contribution in [-0.4, -0.2) is 34.7 Å². The Labute approximate surface area is 147 Å². The van der Waals surface area contributed by atoms with E-state index in [4.69, 9.17) is 9.47 Å². The molecule has 2 N–H and O–H groups in total. The molecule has 0 spiro atoms. The number of rotatable bonds is 9. The Bertz CT molecular complexity index is 666. The number of hydrogen-bond donors (Lipinski definition) is 2. The minimum Gasteiger partial charge on any atom is -0.476 e. The lowest BCUT2D eigenvalue weighted by Crippen LogP contribution is -2.59. The fraction of sp³-hybridized carbons (Fsp3) is 0.412. The zero-order chi connectivity index (χ0) is 18.5. The van der Waals surface area contributed by atoms with Gasteiger partial charge >= 0.3 is 25.9 Å². The molecule has 4 unspecified atom stereocenters. The number of ether oxygens (including phenoxy) is 2. The van der Waals surface area contributed by atoms with Crippen LogP contribution < -0.4 is 5.32 Å². The van der Waals surface area contributed by atoms with Gasteiger partial charge in [0.1, 0.15) is 12.1 Å². The molecule has 0 radical (unpaired) electrons. The Balaban J connectivity index is 2.16. The number of carbonyl (C=O) groups excluding carboxylic acids is 1. The first kappa shape index (κ1) is 19.1. The zero-order valence-electron chi connectivity index (χ0n) is 13.9. The summed E-state index contributed by atoms with van der Waals surface area (Å²) in [7, 11) is -1.31. The van der Waals surface area contributed by atoms with Crippen LogP contribution in [0.15, 0.2) is 43.0 Å². The Morgan fingerprint density at radius 2 is 2.16 bits per heavy atom. The zero-order valence-corrected chi connectivity index (χ0v) is 14.9. The van der Waals surface area contributed by atoms with Crippen molar-refractivity contribution in [2.75, 3.05) is 6.61 Å². The summed E-state index contributed by atoms with van der Waals surface area (Å²) in [5, 5.41) is 10.2. The largest absolute Gasteiger partial charge is 0.476 e. The number of hydrogen-bond acceptors (Lipinski definition) is 5. The first-order chi connectivity index (χ1) is 12.0. The van der Waals surface area contributed by atoms with Crippen molar-refractivity contribution in [3.05, 3.63) is 48.6 Å². The molecule has 134 valence electrons. The number of carboxylic acids is 1. The van der Waals surface area contributed by atoms with Crippen molar-refractivity contribution >= 4 is 20.5 Å². The highest BCUT2D eigenvalue weighted by atomic mass is 31.1. The van der Waals surface area contributed by atoms with Crippen LogP contribution in [0.1, 0.15) is 18.9 Å². The molecule has 1 saturated carbocycles. The number of amides is 1. The van der Waals surface area contributed by atoms with E-state index in [2.05, 4.69) is 11.9 Å². The molecule has 0 aromatic heterocycles. The molecule has 4 atom stereocenters. The molecule has 8 heteroatoms. The van der Waals surface area contributed by atoms with E-state index in [0.717, 1.165) is 5.56 Å². The number of benzene rings is 1. The molecule has 25 heavy (non-hydrogen) atoms. The standard InChI is InChI=1S/C17H20NO6P/c1-3-13-10-16(13,17(25-22,14(19)20)24-4-2)18-15(21)23-11-12-8-6-5-7-9-12/h3,5-9,13H,1,4,10-11H2,2H3,(H,18,21)(H,19,20)/p+1. The molecule has 7 nitrogen and oxygen atoms in total. The quantitative estimate of drug-likeness (QED) is 0.515. The Morgan fingerprint density at radius 1 is 1.48 bits per heavy atom. The molecule has 0 aliphatic heterocycles. The summed E-state index contributed by atoms with van der Waals surface area (Å²) in [6.45, 7) is 5.32. The molecule has 1 amide bonds. The van der Waals surface area contributed by atoms with Gasteiger partial charge in [0.25, 0.3) is 0 Å². The fourth-order valence-corrected chi connectivity index (χ4v) is 3.74. The highest BCUT2D eigenvalue weighted by molar-refractivity contribution is 7.27. The lowest BCUT2D eigenvalue weighted by Gasteiger charge is -2.27. The lowest BCUT2D eigenvalue weighted by molar-refractivity contribution is -0.158. The van der Waals surface area contributed by atoms with Crippen LogP contribution in [0, 0.1) is 5.92 Å². The molecule has 0 bridgehead atoms. The van der Waals surface area contributed by atoms with E-state index in [-0.39, 0.29) is 25.6 Å². The van der Waals surface area contributed by atoms with Crippen molar-refractivity contribution in [2.24, 2.45) is 5.92 Å². The summed E-state index contributed by atoms with van der Waals surface area (Å²) in [6.07, 6.45) is 0.990. The second kappa shape index (κ2) is 7.76. The third-order valence-corrected chi connectivity index (χ3v) is 5.36. The number of nitrogens with one attached hydrogen (secondary N) is 1. The van der Waals surface area contributed by atoms with Crippen LogP contribution >= 0.6 is 8.46 Å². The van der Waals surface area contributed by atoms with Crippen LogP contribution in [0.2, 0.25) is 0 Å². The molecule has 2 rings (SSSR count). The van der Waals surface area contributed by atoms with Gasteiger partial charge in [-0.05, 0) is 18.9 Å². The number of carbonyl (C=O) groups is 2. The van der Waals surface area contributed by atoms with Crippen LogP contribution in [0.4, 0.5) is 4.79 Å². The summed E-state index contributed by atoms with van der Waals surface area (Å²) in [4.78, 5) is 24.0. The van der Waals surface area contributed by atoms with Gasteiger partial charge in [-0.15, -0.1) is 6.58 Å². The highest BCUT2D eigenvalue weighted by Gasteiger charge is 2.78. The van der Waals surface area contributed by atoms with Crippen molar-refractivity contribution in [2.45, 2.75) is 30.8 Å². The minimum atomic E-state index is -2.04. The Morgan fingerprint density at radius 3 is 2.64 bits per heavy atom.